The normalized spacial score (nSPS) is 16.5. The topological polar surface area (TPSA) is 74.7 Å². The summed E-state index contributed by atoms with van der Waals surface area (Å²) in [7, 11) is 1.61. The Hall–Kier alpha value is -1.81. The Labute approximate surface area is 188 Å². The molecule has 0 aliphatic carbocycles. The van der Waals surface area contributed by atoms with E-state index in [1.165, 1.54) is 0 Å². The second-order valence-corrected chi connectivity index (χ2v) is 6.70. The van der Waals surface area contributed by atoms with Gasteiger partial charge in [-0.2, -0.15) is 0 Å². The zero-order valence-electron chi connectivity index (χ0n) is 16.1. The van der Waals surface area contributed by atoms with Crippen LogP contribution in [0.25, 0.3) is 0 Å². The lowest BCUT2D eigenvalue weighted by Crippen LogP contribution is -2.44. The maximum absolute atomic E-state index is 6.27. The summed E-state index contributed by atoms with van der Waals surface area (Å²) < 4.78 is 5.09. The minimum atomic E-state index is 0. The van der Waals surface area contributed by atoms with Gasteiger partial charge in [-0.15, -0.1) is 24.0 Å². The molecule has 0 bridgehead atoms. The van der Waals surface area contributed by atoms with Crippen molar-refractivity contribution in [2.75, 3.05) is 31.6 Å². The first kappa shape index (κ1) is 22.5. The molecule has 0 radical (unpaired) electrons. The number of pyridine rings is 2. The molecule has 1 fully saturated rings. The van der Waals surface area contributed by atoms with Gasteiger partial charge in [-0.3, -0.25) is 0 Å². The number of anilines is 1. The van der Waals surface area contributed by atoms with Gasteiger partial charge in [0.1, 0.15) is 5.82 Å². The van der Waals surface area contributed by atoms with Crippen LogP contribution in [0, 0.1) is 0 Å². The van der Waals surface area contributed by atoms with Crippen molar-refractivity contribution in [3.05, 3.63) is 47.2 Å². The van der Waals surface area contributed by atoms with Crippen molar-refractivity contribution in [3.63, 3.8) is 0 Å². The van der Waals surface area contributed by atoms with E-state index in [4.69, 9.17) is 16.3 Å². The zero-order valence-corrected chi connectivity index (χ0v) is 19.1. The predicted octanol–water partition coefficient (Wildman–Crippen LogP) is 3.09. The number of hydrogen-bond donors (Lipinski definition) is 2. The van der Waals surface area contributed by atoms with Gasteiger partial charge in [0.15, 0.2) is 5.96 Å². The van der Waals surface area contributed by atoms with Crippen molar-refractivity contribution >= 4 is 47.4 Å². The molecule has 7 nitrogen and oxygen atoms in total. The number of aliphatic imine (C=N–C) groups is 1. The fraction of sp³-hybridized carbons (Fsp3) is 0.421. The van der Waals surface area contributed by atoms with Crippen LogP contribution in [0.1, 0.15) is 18.9 Å². The van der Waals surface area contributed by atoms with E-state index < -0.39 is 0 Å². The van der Waals surface area contributed by atoms with Gasteiger partial charge in [0.05, 0.1) is 18.7 Å². The van der Waals surface area contributed by atoms with Gasteiger partial charge in [0.25, 0.3) is 0 Å². The average molecular weight is 517 g/mol. The molecule has 1 atom stereocenters. The van der Waals surface area contributed by atoms with E-state index in [9.17, 15) is 0 Å². The number of nitrogens with zero attached hydrogens (tertiary/aromatic N) is 4. The fourth-order valence-corrected chi connectivity index (χ4v) is 3.23. The number of hydrogen-bond acceptors (Lipinski definition) is 5. The van der Waals surface area contributed by atoms with E-state index in [1.807, 2.05) is 24.3 Å². The smallest absolute Gasteiger partial charge is 0.212 e. The van der Waals surface area contributed by atoms with E-state index in [0.29, 0.717) is 17.4 Å². The van der Waals surface area contributed by atoms with Crippen LogP contribution in [0.4, 0.5) is 5.82 Å². The molecule has 3 heterocycles. The van der Waals surface area contributed by atoms with Crippen LogP contribution < -0.4 is 20.3 Å². The van der Waals surface area contributed by atoms with Crippen molar-refractivity contribution < 1.29 is 4.74 Å². The zero-order chi connectivity index (χ0) is 19.1. The van der Waals surface area contributed by atoms with Crippen molar-refractivity contribution in [2.24, 2.45) is 4.99 Å². The predicted molar refractivity (Wildman–Crippen MR) is 124 cm³/mol. The Morgan fingerprint density at radius 2 is 2.21 bits per heavy atom. The first-order valence-corrected chi connectivity index (χ1v) is 9.46. The van der Waals surface area contributed by atoms with Gasteiger partial charge in [-0.1, -0.05) is 17.7 Å². The number of halogens is 2. The third kappa shape index (κ3) is 6.10. The molecule has 1 aliphatic rings. The standard InChI is InChI=1S/C19H25ClN6O.HI/c1-3-21-19(24-12-14-6-7-17(27-2)23-11-14)25-15-8-10-26(13-15)18-16(20)5-4-9-22-18;/h4-7,9,11,15H,3,8,10,12-13H2,1-2H3,(H2,21,24,25);1H. The number of aromatic nitrogens is 2. The first-order valence-electron chi connectivity index (χ1n) is 9.08. The van der Waals surface area contributed by atoms with E-state index in [2.05, 4.69) is 37.4 Å². The minimum absolute atomic E-state index is 0. The molecule has 2 aromatic heterocycles. The molecule has 152 valence electrons. The lowest BCUT2D eigenvalue weighted by molar-refractivity contribution is 0.397. The Bertz CT molecular complexity index is 773. The number of rotatable bonds is 6. The van der Waals surface area contributed by atoms with Gasteiger partial charge in [-0.25, -0.2) is 15.0 Å². The van der Waals surface area contributed by atoms with Crippen LogP contribution in [0.3, 0.4) is 0 Å². The summed E-state index contributed by atoms with van der Waals surface area (Å²) in [6.45, 7) is 5.16. The molecule has 0 saturated carbocycles. The van der Waals surface area contributed by atoms with E-state index in [1.54, 1.807) is 19.5 Å². The van der Waals surface area contributed by atoms with Gasteiger partial charge in [0, 0.05) is 44.1 Å². The van der Waals surface area contributed by atoms with Crippen LogP contribution >= 0.6 is 35.6 Å². The summed E-state index contributed by atoms with van der Waals surface area (Å²) in [5, 5.41) is 7.50. The maximum atomic E-state index is 6.27. The highest BCUT2D eigenvalue weighted by atomic mass is 127. The SMILES string of the molecule is CCNC(=NCc1ccc(OC)nc1)NC1CCN(c2ncccc2Cl)C1.I. The van der Waals surface area contributed by atoms with E-state index in [0.717, 1.165) is 43.4 Å². The molecule has 0 aromatic carbocycles. The summed E-state index contributed by atoms with van der Waals surface area (Å²) in [5.41, 5.74) is 1.03. The quantitative estimate of drug-likeness (QED) is 0.349. The molecule has 1 saturated heterocycles. The number of nitrogens with one attached hydrogen (secondary N) is 2. The van der Waals surface area contributed by atoms with Crippen molar-refractivity contribution in [1.82, 2.24) is 20.6 Å². The van der Waals surface area contributed by atoms with Gasteiger partial charge >= 0.3 is 0 Å². The van der Waals surface area contributed by atoms with Crippen LogP contribution in [0.2, 0.25) is 5.02 Å². The Balaban J connectivity index is 0.00000280. The van der Waals surface area contributed by atoms with Crippen molar-refractivity contribution in [2.45, 2.75) is 25.9 Å². The molecule has 2 N–H and O–H groups in total. The third-order valence-electron chi connectivity index (χ3n) is 4.34. The van der Waals surface area contributed by atoms with E-state index in [-0.39, 0.29) is 30.0 Å². The van der Waals surface area contributed by atoms with E-state index >= 15 is 0 Å². The molecule has 9 heteroatoms. The maximum Gasteiger partial charge on any atom is 0.212 e. The summed E-state index contributed by atoms with van der Waals surface area (Å²) in [6.07, 6.45) is 4.56. The van der Waals surface area contributed by atoms with Crippen LogP contribution in [0.5, 0.6) is 5.88 Å². The second kappa shape index (κ2) is 11.3. The lowest BCUT2D eigenvalue weighted by Gasteiger charge is -2.20. The summed E-state index contributed by atoms with van der Waals surface area (Å²) in [5.74, 6) is 2.24. The number of ether oxygens (including phenoxy) is 1. The fourth-order valence-electron chi connectivity index (χ4n) is 2.99. The minimum Gasteiger partial charge on any atom is -0.481 e. The highest BCUT2D eigenvalue weighted by Crippen LogP contribution is 2.25. The van der Waals surface area contributed by atoms with Crippen LogP contribution in [0.15, 0.2) is 41.7 Å². The van der Waals surface area contributed by atoms with Gasteiger partial charge in [0.2, 0.25) is 5.88 Å². The number of guanidine groups is 1. The third-order valence-corrected chi connectivity index (χ3v) is 4.63. The molecule has 1 unspecified atom stereocenters. The highest BCUT2D eigenvalue weighted by Gasteiger charge is 2.25. The molecular formula is C19H26ClIN6O. The molecule has 1 aliphatic heterocycles. The Kier molecular flexibility index (Phi) is 9.04. The summed E-state index contributed by atoms with van der Waals surface area (Å²) in [4.78, 5) is 15.5. The van der Waals surface area contributed by atoms with Gasteiger partial charge in [-0.05, 0) is 31.0 Å². The Morgan fingerprint density at radius 1 is 1.36 bits per heavy atom. The molecular weight excluding hydrogens is 491 g/mol. The van der Waals surface area contributed by atoms with Crippen molar-refractivity contribution in [3.8, 4) is 5.88 Å². The van der Waals surface area contributed by atoms with Gasteiger partial charge < -0.3 is 20.3 Å². The Morgan fingerprint density at radius 3 is 2.89 bits per heavy atom. The van der Waals surface area contributed by atoms with Crippen LogP contribution in [-0.4, -0.2) is 48.7 Å². The average Bonchev–Trinajstić information content (AvgIpc) is 3.15. The molecule has 3 rings (SSSR count). The lowest BCUT2D eigenvalue weighted by atomic mass is 10.2. The van der Waals surface area contributed by atoms with Crippen LogP contribution in [-0.2, 0) is 6.54 Å². The summed E-state index contributed by atoms with van der Waals surface area (Å²) in [6, 6.07) is 7.83. The summed E-state index contributed by atoms with van der Waals surface area (Å²) >= 11 is 6.27. The monoisotopic (exact) mass is 516 g/mol. The van der Waals surface area contributed by atoms with Crippen molar-refractivity contribution in [1.29, 1.82) is 0 Å². The first-order chi connectivity index (χ1) is 13.2. The molecule has 28 heavy (non-hydrogen) atoms. The molecule has 2 aromatic rings. The molecule has 0 spiro atoms. The highest BCUT2D eigenvalue weighted by molar-refractivity contribution is 14.0. The largest absolute Gasteiger partial charge is 0.481 e. The molecule has 0 amide bonds. The second-order valence-electron chi connectivity index (χ2n) is 6.29. The number of methoxy groups -OCH3 is 1.